The fraction of sp³-hybridized carbons (Fsp3) is 0. The molecule has 0 aliphatic carbocycles. The van der Waals surface area contributed by atoms with Crippen LogP contribution in [0.2, 0.25) is 0 Å². The van der Waals surface area contributed by atoms with Gasteiger partial charge in [0.2, 0.25) is 0 Å². The van der Waals surface area contributed by atoms with E-state index < -0.39 is 26.5 Å². The minimum absolute atomic E-state index is 0. The molecule has 0 saturated heterocycles. The third-order valence-electron chi connectivity index (χ3n) is 1.24. The molecule has 0 aromatic heterocycles. The van der Waals surface area contributed by atoms with Crippen LogP contribution in [0.15, 0.2) is 23.1 Å². The summed E-state index contributed by atoms with van der Waals surface area (Å²) in [6.45, 7) is 0. The number of hydrogen-bond donors (Lipinski definition) is 3. The SMILES string of the molecule is O=S(=O)(O)c1ccc(O)c(O)c1.[NaH].[NaH].[NaH].[NaH]. The molecular formula is C6H10Na4O5S. The van der Waals surface area contributed by atoms with Gasteiger partial charge in [-0.25, -0.2) is 0 Å². The Labute approximate surface area is 182 Å². The maximum absolute atomic E-state index is 10.5. The molecular weight excluding hydrogens is 276 g/mol. The van der Waals surface area contributed by atoms with E-state index in [1.165, 1.54) is 0 Å². The molecule has 0 unspecified atom stereocenters. The van der Waals surface area contributed by atoms with Crippen molar-refractivity contribution in [3.8, 4) is 11.5 Å². The van der Waals surface area contributed by atoms with Crippen molar-refractivity contribution in [3.63, 3.8) is 0 Å². The molecule has 0 aliphatic heterocycles. The number of aromatic hydroxyl groups is 2. The Morgan fingerprint density at radius 2 is 1.31 bits per heavy atom. The zero-order chi connectivity index (χ0) is 9.35. The molecule has 5 nitrogen and oxygen atoms in total. The second-order valence-corrected chi connectivity index (χ2v) is 3.55. The second kappa shape index (κ2) is 11.5. The maximum atomic E-state index is 10.5. The molecule has 0 heterocycles. The Balaban J connectivity index is -0.000000180. The number of benzene rings is 1. The molecule has 0 amide bonds. The van der Waals surface area contributed by atoms with Gasteiger partial charge < -0.3 is 10.2 Å². The molecule has 0 aliphatic rings. The normalized spacial score (nSPS) is 8.56. The molecule has 74 valence electrons. The predicted molar refractivity (Wildman–Crippen MR) is 68.2 cm³/mol. The number of phenolic OH excluding ortho intramolecular Hbond substituents is 2. The molecule has 3 N–H and O–H groups in total. The van der Waals surface area contributed by atoms with Gasteiger partial charge in [-0.1, -0.05) is 0 Å². The minimum atomic E-state index is -4.31. The molecule has 1 aromatic rings. The second-order valence-electron chi connectivity index (χ2n) is 2.13. The van der Waals surface area contributed by atoms with E-state index in [1.807, 2.05) is 0 Å². The van der Waals surface area contributed by atoms with Crippen LogP contribution < -0.4 is 0 Å². The Bertz CT molecular complexity index is 407. The van der Waals surface area contributed by atoms with Gasteiger partial charge in [0.1, 0.15) is 0 Å². The van der Waals surface area contributed by atoms with Gasteiger partial charge in [-0.05, 0) is 12.1 Å². The zero-order valence-corrected chi connectivity index (χ0v) is 6.61. The molecule has 1 rings (SSSR count). The Kier molecular flexibility index (Phi) is 19.6. The monoisotopic (exact) mass is 286 g/mol. The van der Waals surface area contributed by atoms with Gasteiger partial charge >= 0.3 is 118 Å². The average Bonchev–Trinajstić information content (AvgIpc) is 1.92. The van der Waals surface area contributed by atoms with Gasteiger partial charge in [0.15, 0.2) is 11.5 Å². The fourth-order valence-electron chi connectivity index (χ4n) is 0.664. The number of rotatable bonds is 1. The summed E-state index contributed by atoms with van der Waals surface area (Å²) in [5.74, 6) is -1.03. The molecule has 0 radical (unpaired) electrons. The summed E-state index contributed by atoms with van der Waals surface area (Å²) in [6.07, 6.45) is 0. The van der Waals surface area contributed by atoms with Crippen molar-refractivity contribution in [1.82, 2.24) is 0 Å². The van der Waals surface area contributed by atoms with E-state index >= 15 is 0 Å². The number of phenols is 2. The summed E-state index contributed by atoms with van der Waals surface area (Å²) >= 11 is 0. The van der Waals surface area contributed by atoms with E-state index in [4.69, 9.17) is 14.8 Å². The summed E-state index contributed by atoms with van der Waals surface area (Å²) in [7, 11) is -4.31. The van der Waals surface area contributed by atoms with Crippen LogP contribution >= 0.6 is 0 Å². The van der Waals surface area contributed by atoms with E-state index in [0.717, 1.165) is 18.2 Å². The molecule has 10 heteroatoms. The van der Waals surface area contributed by atoms with Gasteiger partial charge in [0.25, 0.3) is 10.1 Å². The summed E-state index contributed by atoms with van der Waals surface area (Å²) in [5.41, 5.74) is 0. The van der Waals surface area contributed by atoms with E-state index in [-0.39, 0.29) is 118 Å². The Morgan fingerprint density at radius 1 is 0.875 bits per heavy atom. The van der Waals surface area contributed by atoms with Crippen LogP contribution in [0.3, 0.4) is 0 Å². The van der Waals surface area contributed by atoms with E-state index in [9.17, 15) is 8.42 Å². The predicted octanol–water partition coefficient (Wildman–Crippen LogP) is -2.25. The van der Waals surface area contributed by atoms with Crippen molar-refractivity contribution in [2.24, 2.45) is 0 Å². The van der Waals surface area contributed by atoms with Crippen LogP contribution in [0.25, 0.3) is 0 Å². The van der Waals surface area contributed by atoms with Crippen LogP contribution in [0, 0.1) is 0 Å². The first kappa shape index (κ1) is 27.1. The standard InChI is InChI=1S/C6H6O5S.4Na.4H/c7-5-2-1-4(3-6(5)8)12(9,10)11;;;;;;;;/h1-3,7-8H,(H,9,10,11);;;;;;;;. The van der Waals surface area contributed by atoms with Crippen molar-refractivity contribution in [3.05, 3.63) is 18.2 Å². The molecule has 16 heavy (non-hydrogen) atoms. The molecule has 0 fully saturated rings. The molecule has 1 aromatic carbocycles. The Morgan fingerprint density at radius 3 is 1.62 bits per heavy atom. The van der Waals surface area contributed by atoms with Crippen molar-refractivity contribution in [2.45, 2.75) is 4.90 Å². The van der Waals surface area contributed by atoms with Crippen LogP contribution in [0.5, 0.6) is 11.5 Å². The summed E-state index contributed by atoms with van der Waals surface area (Å²) in [6, 6.07) is 2.70. The Hall–Kier alpha value is 2.73. The van der Waals surface area contributed by atoms with Gasteiger partial charge in [-0.3, -0.25) is 4.55 Å². The van der Waals surface area contributed by atoms with Gasteiger partial charge in [0, 0.05) is 6.07 Å². The van der Waals surface area contributed by atoms with E-state index in [0.29, 0.717) is 0 Å². The van der Waals surface area contributed by atoms with Gasteiger partial charge in [-0.15, -0.1) is 0 Å². The van der Waals surface area contributed by atoms with Crippen molar-refractivity contribution in [1.29, 1.82) is 0 Å². The molecule has 0 bridgehead atoms. The van der Waals surface area contributed by atoms with Crippen LogP contribution in [0.1, 0.15) is 0 Å². The summed E-state index contributed by atoms with van der Waals surface area (Å²) in [4.78, 5) is -0.460. The first-order valence-electron chi connectivity index (χ1n) is 2.91. The third-order valence-corrected chi connectivity index (χ3v) is 2.09. The molecule has 0 spiro atoms. The summed E-state index contributed by atoms with van der Waals surface area (Å²) in [5, 5.41) is 17.6. The van der Waals surface area contributed by atoms with Crippen molar-refractivity contribution >= 4 is 128 Å². The van der Waals surface area contributed by atoms with Crippen LogP contribution in [0.4, 0.5) is 0 Å². The first-order chi connectivity index (χ1) is 5.41. The van der Waals surface area contributed by atoms with Gasteiger partial charge in [0.05, 0.1) is 4.90 Å². The average molecular weight is 286 g/mol. The topological polar surface area (TPSA) is 94.8 Å². The van der Waals surface area contributed by atoms with Crippen molar-refractivity contribution < 1.29 is 23.2 Å². The molecule has 0 saturated carbocycles. The van der Waals surface area contributed by atoms with Crippen LogP contribution in [-0.2, 0) is 10.1 Å². The zero-order valence-electron chi connectivity index (χ0n) is 5.80. The molecule has 0 atom stereocenters. The quantitative estimate of drug-likeness (QED) is 0.308. The van der Waals surface area contributed by atoms with Crippen LogP contribution in [-0.4, -0.2) is 141 Å². The third kappa shape index (κ3) is 8.77. The first-order valence-corrected chi connectivity index (χ1v) is 4.35. The van der Waals surface area contributed by atoms with Gasteiger partial charge in [-0.2, -0.15) is 8.42 Å². The van der Waals surface area contributed by atoms with E-state index in [1.54, 1.807) is 0 Å². The fourth-order valence-corrected chi connectivity index (χ4v) is 1.16. The number of hydrogen-bond acceptors (Lipinski definition) is 4. The summed E-state index contributed by atoms with van der Waals surface area (Å²) < 4.78 is 29.4. The van der Waals surface area contributed by atoms with Crippen molar-refractivity contribution in [2.75, 3.05) is 0 Å². The van der Waals surface area contributed by atoms with E-state index in [2.05, 4.69) is 0 Å².